The first kappa shape index (κ1) is 102. The number of benzene rings is 2. The van der Waals surface area contributed by atoms with E-state index in [1.165, 1.54) is 24.0 Å². The molecule has 36 nitrogen and oxygen atoms in total. The largest absolute Gasteiger partial charge is 1.00 e. The van der Waals surface area contributed by atoms with Gasteiger partial charge in [0.2, 0.25) is 23.6 Å². The number of ether oxygens (including phenoxy) is 9. The number of carbonyl (C=O) groups excluding carboxylic acids is 9. The summed E-state index contributed by atoms with van der Waals surface area (Å²) in [7, 11) is 2.53. The zero-order valence-corrected chi connectivity index (χ0v) is 80.0. The molecule has 6 aromatic rings. The van der Waals surface area contributed by atoms with Crippen molar-refractivity contribution in [1.82, 2.24) is 50.8 Å². The summed E-state index contributed by atoms with van der Waals surface area (Å²) in [6.45, 7) is 24.7. The molecule has 2 atom stereocenters. The number of pyridine rings is 2. The number of amides is 6. The number of esters is 2. The molecule has 0 aliphatic heterocycles. The van der Waals surface area contributed by atoms with Gasteiger partial charge < -0.3 is 80.6 Å². The SMILES string of the molecule is COC(=O)C[C@H](NC(=O)CNC(=O)CCCN(C(=O)OC(C)(C)C)c1cc(C)ccn1)c1cccc(-n2nc(C)c(O)c2C)c1.COC(=O)C[C@H](NC(=O)CNC(=O)CCCN(C(=O)OC(C)(C)C)c1cc(C)ccn1)c1cccc(-n2nc(C)c(OCCOCCOCCOCCOCCN=[N+]=[N-])c2C)c1.O=CO[O-].[Cs+].[Cs+].[H-]. The topological polar surface area (TPSA) is 454 Å². The molecule has 0 saturated carbocycles. The average Bonchev–Trinajstić information content (AvgIpc) is 1.61. The van der Waals surface area contributed by atoms with Crippen molar-refractivity contribution in [2.24, 2.45) is 5.11 Å². The molecule has 38 heteroatoms. The Morgan fingerprint density at radius 1 is 0.593 bits per heavy atom. The van der Waals surface area contributed by atoms with Gasteiger partial charge in [-0.1, -0.05) is 29.4 Å². The Kier molecular flexibility index (Phi) is 49.2. The van der Waals surface area contributed by atoms with E-state index >= 15 is 0 Å². The van der Waals surface area contributed by atoms with Gasteiger partial charge in [0.1, 0.15) is 40.8 Å². The minimum Gasteiger partial charge on any atom is -1.00 e. The van der Waals surface area contributed by atoms with Crippen molar-refractivity contribution in [3.05, 3.63) is 141 Å². The maximum Gasteiger partial charge on any atom is 1.00 e. The molecule has 2 aromatic carbocycles. The molecule has 5 N–H and O–H groups in total. The smallest absolute Gasteiger partial charge is 1.00 e. The van der Waals surface area contributed by atoms with Gasteiger partial charge in [-0.2, -0.15) is 10.2 Å². The van der Waals surface area contributed by atoms with Gasteiger partial charge in [-0.3, -0.25) is 43.4 Å². The van der Waals surface area contributed by atoms with Crippen LogP contribution in [0.15, 0.2) is 90.3 Å². The summed E-state index contributed by atoms with van der Waals surface area (Å²) < 4.78 is 52.0. The normalized spacial score (nSPS) is 11.2. The van der Waals surface area contributed by atoms with Gasteiger partial charge in [-0.15, -0.1) is 0 Å². The number of rotatable bonds is 41. The molecule has 0 unspecified atom stereocenters. The van der Waals surface area contributed by atoms with Crippen LogP contribution in [-0.4, -0.2) is 206 Å². The van der Waals surface area contributed by atoms with E-state index in [4.69, 9.17) is 58.2 Å². The quantitative estimate of drug-likeness (QED) is 0.00418. The van der Waals surface area contributed by atoms with E-state index < -0.39 is 65.1 Å². The van der Waals surface area contributed by atoms with Gasteiger partial charge in [-0.25, -0.2) is 28.9 Å². The summed E-state index contributed by atoms with van der Waals surface area (Å²) >= 11 is 0. The Hall–Kier alpha value is -7.20. The van der Waals surface area contributed by atoms with Crippen LogP contribution in [-0.2, 0) is 76.3 Å². The van der Waals surface area contributed by atoms with E-state index in [0.717, 1.165) is 16.8 Å². The molecule has 0 aliphatic rings. The summed E-state index contributed by atoms with van der Waals surface area (Å²) in [6, 6.07) is 19.9. The molecular weight excluding hydrogens is 1710 g/mol. The van der Waals surface area contributed by atoms with Crippen molar-refractivity contribution in [2.45, 2.75) is 145 Å². The Bertz CT molecular complexity index is 4060. The van der Waals surface area contributed by atoms with Crippen molar-refractivity contribution in [3.8, 4) is 22.9 Å². The number of aryl methyl sites for hydroxylation is 4. The van der Waals surface area contributed by atoms with Crippen molar-refractivity contribution in [1.29, 1.82) is 0 Å². The van der Waals surface area contributed by atoms with E-state index in [1.54, 1.807) is 126 Å². The van der Waals surface area contributed by atoms with Crippen molar-refractivity contribution in [2.75, 3.05) is 116 Å². The van der Waals surface area contributed by atoms with Crippen LogP contribution >= 0.6 is 0 Å². The fraction of sp³-hybridized carbons (Fsp3) is 0.507. The molecule has 0 fully saturated rings. The van der Waals surface area contributed by atoms with E-state index in [-0.39, 0.29) is 222 Å². The number of nitrogens with one attached hydrogen (secondary N) is 4. The third-order valence-corrected chi connectivity index (χ3v) is 15.5. The number of hydrogen-bond acceptors (Lipinski definition) is 26. The molecule has 0 radical (unpaired) electrons. The van der Waals surface area contributed by atoms with Crippen LogP contribution in [0.3, 0.4) is 0 Å². The number of nitrogens with zero attached hydrogens (tertiary/aromatic N) is 11. The first-order chi connectivity index (χ1) is 52.8. The molecule has 4 heterocycles. The fourth-order valence-corrected chi connectivity index (χ4v) is 10.2. The fourth-order valence-electron chi connectivity index (χ4n) is 10.2. The minimum absolute atomic E-state index is 0. The Balaban J connectivity index is 0.00000111. The molecule has 0 spiro atoms. The molecule has 0 saturated heterocycles. The Morgan fingerprint density at radius 3 is 1.36 bits per heavy atom. The summed E-state index contributed by atoms with van der Waals surface area (Å²) in [6.07, 6.45) is 2.39. The summed E-state index contributed by atoms with van der Waals surface area (Å²) in [4.78, 5) is 127. The average molecular weight is 1820 g/mol. The predicted octanol–water partition coefficient (Wildman–Crippen LogP) is 1.52. The number of aromatic hydroxyl groups is 1. The third-order valence-electron chi connectivity index (χ3n) is 15.5. The van der Waals surface area contributed by atoms with E-state index in [9.17, 15) is 43.5 Å². The second-order valence-electron chi connectivity index (χ2n) is 26.7. The molecule has 113 heavy (non-hydrogen) atoms. The summed E-state index contributed by atoms with van der Waals surface area (Å²) in [5, 5.41) is 41.9. The van der Waals surface area contributed by atoms with Crippen LogP contribution in [0.25, 0.3) is 21.8 Å². The number of aromatic nitrogens is 6. The van der Waals surface area contributed by atoms with Crippen molar-refractivity contribution >= 4 is 65.9 Å². The van der Waals surface area contributed by atoms with Gasteiger partial charge >= 0.3 is 162 Å². The Labute approximate surface area is 777 Å². The first-order valence-electron chi connectivity index (χ1n) is 35.6. The number of methoxy groups -OCH3 is 2. The van der Waals surface area contributed by atoms with Crippen molar-refractivity contribution < 1.29 is 240 Å². The minimum atomic E-state index is -0.778. The second kappa shape index (κ2) is 54.6. The number of hydrogen-bond donors (Lipinski definition) is 5. The molecule has 6 amide bonds. The van der Waals surface area contributed by atoms with Gasteiger partial charge in [0.25, 0.3) is 6.47 Å². The third kappa shape index (κ3) is 39.3. The standard InChI is InChI=1S/C42H61N9O11.C32H42N6O7.CH2O3.2Cs.H/c1-30-13-14-44-36(26-30)50(41(55)62-42(4,5)6)16-9-12-37(52)45-29-38(53)47-35(28-39(54)56-7)33-10-8-11-34(27-33)51-32(3)40(31(2)48-51)61-25-24-60-23-22-59-21-20-58-19-18-57-17-15-46-49-43;1-20-13-14-33-26(16-20)37(31(43)45-32(4,5)6)15-9-12-27(39)34-19-28(40)35-25(18-29(41)44-7)23-10-8-11-24(17-23)38-22(3)30(42)21(2)36-38;2-1-4-3;;;/h8,10-11,13-14,26-27,35H,9,12,15-25,28-29H2,1-7H3,(H,45,52)(H,47,53);8,10-11,13-14,16-17,25,42H,9,12,15,18-19H2,1-7H3,(H,34,39)(H,35,40);1,3H;;;/q;;;2*+1;-1/p-1/t35-;25-;;;;/m00..../s1. The first-order valence-corrected chi connectivity index (χ1v) is 35.6. The van der Waals surface area contributed by atoms with Crippen LogP contribution in [0.4, 0.5) is 21.2 Å². The van der Waals surface area contributed by atoms with E-state index in [1.807, 2.05) is 52.0 Å². The molecule has 608 valence electrons. The van der Waals surface area contributed by atoms with Gasteiger partial charge in [0, 0.05) is 49.8 Å². The molecular formula is C75H105Cs2N15O21. The van der Waals surface area contributed by atoms with Crippen LogP contribution in [0, 0.1) is 41.5 Å². The maximum atomic E-state index is 13.1. The number of carbonyl (C=O) groups is 9. The van der Waals surface area contributed by atoms with Gasteiger partial charge in [0.05, 0.1) is 128 Å². The molecule has 0 aliphatic carbocycles. The maximum absolute atomic E-state index is 13.1. The van der Waals surface area contributed by atoms with Crippen LogP contribution < -0.4 is 179 Å². The monoisotopic (exact) mass is 1820 g/mol. The van der Waals surface area contributed by atoms with E-state index in [0.29, 0.717) is 123 Å². The zero-order valence-electron chi connectivity index (χ0n) is 68.5. The molecule has 6 rings (SSSR count). The Morgan fingerprint density at radius 2 is 0.991 bits per heavy atom. The molecule has 4 aromatic heterocycles. The number of azide groups is 1. The van der Waals surface area contributed by atoms with Crippen molar-refractivity contribution in [3.63, 3.8) is 0 Å². The van der Waals surface area contributed by atoms with Crippen LogP contribution in [0.2, 0.25) is 0 Å². The summed E-state index contributed by atoms with van der Waals surface area (Å²) in [5.41, 5.74) is 13.6. The number of anilines is 2. The predicted molar refractivity (Wildman–Crippen MR) is 403 cm³/mol. The van der Waals surface area contributed by atoms with Gasteiger partial charge in [0.15, 0.2) is 11.5 Å². The zero-order chi connectivity index (χ0) is 82.1. The second-order valence-corrected chi connectivity index (χ2v) is 26.7. The van der Waals surface area contributed by atoms with Gasteiger partial charge in [-0.05, 0) is 172 Å². The van der Waals surface area contributed by atoms with Crippen LogP contribution in [0.5, 0.6) is 11.5 Å². The van der Waals surface area contributed by atoms with E-state index in [2.05, 4.69) is 56.3 Å². The molecule has 0 bridgehead atoms. The van der Waals surface area contributed by atoms with Crippen LogP contribution in [0.1, 0.15) is 139 Å². The summed E-state index contributed by atoms with van der Waals surface area (Å²) in [5.74, 6) is -1.36.